The Kier molecular flexibility index (Phi) is 13.4. The van der Waals surface area contributed by atoms with Crippen LogP contribution in [0.1, 0.15) is 72.6 Å². The third-order valence-corrected chi connectivity index (χ3v) is 9.63. The van der Waals surface area contributed by atoms with Gasteiger partial charge >= 0.3 is 5.97 Å². The Balaban J connectivity index is 1.23. The summed E-state index contributed by atoms with van der Waals surface area (Å²) in [6.45, 7) is 9.98. The molecule has 1 aliphatic rings. The third-order valence-electron chi connectivity index (χ3n) is 9.63. The first-order chi connectivity index (χ1) is 25.9. The second-order valence-electron chi connectivity index (χ2n) is 14.3. The molecule has 0 radical (unpaired) electrons. The average molecular weight is 740 g/mol. The van der Waals surface area contributed by atoms with E-state index in [-0.39, 0.29) is 48.7 Å². The molecule has 5 rings (SSSR count). The zero-order valence-corrected chi connectivity index (χ0v) is 31.6. The topological polar surface area (TPSA) is 135 Å². The number of hydrogen-bond acceptors (Lipinski definition) is 7. The third kappa shape index (κ3) is 10.2. The highest BCUT2D eigenvalue weighted by atomic mass is 19.1. The summed E-state index contributed by atoms with van der Waals surface area (Å²) < 4.78 is 33.7. The molecular formula is C43H50FN3O7. The van der Waals surface area contributed by atoms with E-state index in [9.17, 15) is 19.5 Å². The van der Waals surface area contributed by atoms with Crippen LogP contribution in [-0.4, -0.2) is 62.8 Å². The van der Waals surface area contributed by atoms with Gasteiger partial charge in [0.2, 0.25) is 11.8 Å². The van der Waals surface area contributed by atoms with Gasteiger partial charge in [-0.15, -0.1) is 0 Å². The largest absolute Gasteiger partial charge is 0.487 e. The summed E-state index contributed by atoms with van der Waals surface area (Å²) in [5.74, 6) is -0.490. The van der Waals surface area contributed by atoms with Crippen molar-refractivity contribution in [3.63, 3.8) is 0 Å². The second-order valence-corrected chi connectivity index (χ2v) is 14.3. The average Bonchev–Trinajstić information content (AvgIpc) is 3.14. The van der Waals surface area contributed by atoms with Gasteiger partial charge in [0.1, 0.15) is 18.2 Å². The fourth-order valence-corrected chi connectivity index (χ4v) is 6.64. The first kappa shape index (κ1) is 39.9. The molecule has 2 atom stereocenters. The predicted octanol–water partition coefficient (Wildman–Crippen LogP) is 6.99. The molecule has 0 aliphatic carbocycles. The van der Waals surface area contributed by atoms with Crippen molar-refractivity contribution >= 4 is 17.8 Å². The standard InChI is InChI=1S/C43H50FN3O7/c1-27(2)22-29-6-8-30(9-7-29)28(3)41(49)46-18-19-52-20-21-53-38-23-33-16-17-47-43(4,26-40(48)45-5)36(33)25-39(38)54-34-14-15-35(37(44)24-34)31-10-12-32(13-11-31)42(50)51/h6-15,23-25,27-28,47H,16-22,26H2,1-5H3,(H,45,48)(H,46,49)(H,50,51)/t28-,43+/m0/s1. The minimum atomic E-state index is -1.06. The van der Waals surface area contributed by atoms with Crippen molar-refractivity contribution in [2.45, 2.75) is 58.4 Å². The number of carboxylic acid groups (broad SMARTS) is 1. The van der Waals surface area contributed by atoms with Crippen molar-refractivity contribution in [1.82, 2.24) is 16.0 Å². The molecule has 0 bridgehead atoms. The number of rotatable bonds is 17. The van der Waals surface area contributed by atoms with Crippen LogP contribution in [0.3, 0.4) is 0 Å². The van der Waals surface area contributed by atoms with Gasteiger partial charge in [-0.05, 0) is 96.8 Å². The van der Waals surface area contributed by atoms with Crippen LogP contribution >= 0.6 is 0 Å². The van der Waals surface area contributed by atoms with E-state index >= 15 is 4.39 Å². The van der Waals surface area contributed by atoms with E-state index in [1.54, 1.807) is 31.3 Å². The molecule has 0 saturated heterocycles. The quantitative estimate of drug-likeness (QED) is 0.0852. The zero-order valence-electron chi connectivity index (χ0n) is 31.6. The second kappa shape index (κ2) is 18.2. The van der Waals surface area contributed by atoms with Crippen LogP contribution in [0.2, 0.25) is 0 Å². The van der Waals surface area contributed by atoms with Crippen LogP contribution in [0.15, 0.2) is 78.9 Å². The maximum absolute atomic E-state index is 15.4. The van der Waals surface area contributed by atoms with Crippen molar-refractivity contribution in [2.75, 3.05) is 40.0 Å². The van der Waals surface area contributed by atoms with Gasteiger partial charge in [-0.3, -0.25) is 9.59 Å². The summed E-state index contributed by atoms with van der Waals surface area (Å²) in [6, 6.07) is 22.4. The van der Waals surface area contributed by atoms with Crippen molar-refractivity contribution in [3.8, 4) is 28.4 Å². The molecule has 1 heterocycles. The number of amides is 2. The molecular weight excluding hydrogens is 689 g/mol. The summed E-state index contributed by atoms with van der Waals surface area (Å²) in [7, 11) is 1.60. The van der Waals surface area contributed by atoms with E-state index in [1.165, 1.54) is 23.8 Å². The SMILES string of the molecule is CNC(=O)C[C@@]1(C)NCCc2cc(OCCOCCNC(=O)[C@@H](C)c3ccc(CC(C)C)cc3)c(Oc3ccc(-c4ccc(C(=O)O)cc4)c(F)c3)cc21. The van der Waals surface area contributed by atoms with Gasteiger partial charge in [0.25, 0.3) is 0 Å². The molecule has 0 fully saturated rings. The summed E-state index contributed by atoms with van der Waals surface area (Å²) in [5.41, 5.74) is 4.36. The number of carbonyl (C=O) groups is 3. The molecule has 54 heavy (non-hydrogen) atoms. The van der Waals surface area contributed by atoms with E-state index in [1.807, 2.05) is 38.1 Å². The van der Waals surface area contributed by atoms with E-state index in [2.05, 4.69) is 41.9 Å². The van der Waals surface area contributed by atoms with Crippen LogP contribution < -0.4 is 25.4 Å². The highest BCUT2D eigenvalue weighted by molar-refractivity contribution is 5.88. The van der Waals surface area contributed by atoms with Crippen LogP contribution in [0.4, 0.5) is 4.39 Å². The molecule has 10 nitrogen and oxygen atoms in total. The molecule has 4 aromatic carbocycles. The normalized spacial score (nSPS) is 15.6. The van der Waals surface area contributed by atoms with Crippen molar-refractivity contribution in [3.05, 3.63) is 112 Å². The number of halogens is 1. The van der Waals surface area contributed by atoms with Gasteiger partial charge in [0.15, 0.2) is 11.5 Å². The van der Waals surface area contributed by atoms with Crippen LogP contribution in [0.25, 0.3) is 11.1 Å². The van der Waals surface area contributed by atoms with E-state index in [0.717, 1.165) is 23.1 Å². The molecule has 0 spiro atoms. The molecule has 1 aliphatic heterocycles. The van der Waals surface area contributed by atoms with Gasteiger partial charge in [0, 0.05) is 43.7 Å². The van der Waals surface area contributed by atoms with E-state index < -0.39 is 17.3 Å². The summed E-state index contributed by atoms with van der Waals surface area (Å²) in [6.07, 6.45) is 1.91. The van der Waals surface area contributed by atoms with E-state index in [4.69, 9.17) is 14.2 Å². The maximum atomic E-state index is 15.4. The number of fused-ring (bicyclic) bond motifs is 1. The minimum Gasteiger partial charge on any atom is -0.487 e. The van der Waals surface area contributed by atoms with Crippen LogP contribution in [0, 0.1) is 11.7 Å². The van der Waals surface area contributed by atoms with Gasteiger partial charge < -0.3 is 35.3 Å². The number of benzene rings is 4. The monoisotopic (exact) mass is 739 g/mol. The fraction of sp³-hybridized carbons (Fsp3) is 0.372. The Morgan fingerprint density at radius 2 is 1.67 bits per heavy atom. The lowest BCUT2D eigenvalue weighted by molar-refractivity contribution is -0.123. The molecule has 0 aromatic heterocycles. The lowest BCUT2D eigenvalue weighted by atomic mass is 9.81. The molecule has 4 N–H and O–H groups in total. The van der Waals surface area contributed by atoms with Gasteiger partial charge in [-0.25, -0.2) is 9.18 Å². The Labute approximate surface area is 316 Å². The minimum absolute atomic E-state index is 0.0687. The lowest BCUT2D eigenvalue weighted by Gasteiger charge is -2.37. The smallest absolute Gasteiger partial charge is 0.335 e. The summed E-state index contributed by atoms with van der Waals surface area (Å²) in [4.78, 5) is 36.5. The number of hydrogen-bond donors (Lipinski definition) is 4. The van der Waals surface area contributed by atoms with Crippen molar-refractivity contribution in [1.29, 1.82) is 0 Å². The number of ether oxygens (including phenoxy) is 3. The fourth-order valence-electron chi connectivity index (χ4n) is 6.64. The Morgan fingerprint density at radius 3 is 2.33 bits per heavy atom. The number of carboxylic acids is 1. The number of aromatic carboxylic acids is 1. The molecule has 286 valence electrons. The highest BCUT2D eigenvalue weighted by Crippen LogP contribution is 2.41. The van der Waals surface area contributed by atoms with E-state index in [0.29, 0.717) is 54.7 Å². The molecule has 0 unspecified atom stereocenters. The summed E-state index contributed by atoms with van der Waals surface area (Å²) in [5, 5.41) is 18.3. The first-order valence-electron chi connectivity index (χ1n) is 18.4. The maximum Gasteiger partial charge on any atom is 0.335 e. The van der Waals surface area contributed by atoms with Crippen molar-refractivity contribution in [2.24, 2.45) is 5.92 Å². The predicted molar refractivity (Wildman–Crippen MR) is 206 cm³/mol. The molecule has 11 heteroatoms. The van der Waals surface area contributed by atoms with Gasteiger partial charge in [-0.2, -0.15) is 0 Å². The molecule has 4 aromatic rings. The lowest BCUT2D eigenvalue weighted by Crippen LogP contribution is -2.47. The zero-order chi connectivity index (χ0) is 38.8. The number of nitrogens with one attached hydrogen (secondary N) is 3. The highest BCUT2D eigenvalue weighted by Gasteiger charge is 2.35. The first-order valence-corrected chi connectivity index (χ1v) is 18.4. The number of carbonyl (C=O) groups excluding carboxylic acids is 2. The van der Waals surface area contributed by atoms with Crippen LogP contribution in [0.5, 0.6) is 17.2 Å². The Bertz CT molecular complexity index is 1930. The summed E-state index contributed by atoms with van der Waals surface area (Å²) >= 11 is 0. The van der Waals surface area contributed by atoms with Crippen LogP contribution in [-0.2, 0) is 32.7 Å². The van der Waals surface area contributed by atoms with Gasteiger partial charge in [0.05, 0.1) is 24.7 Å². The Morgan fingerprint density at radius 1 is 0.926 bits per heavy atom. The van der Waals surface area contributed by atoms with Gasteiger partial charge in [-0.1, -0.05) is 50.2 Å². The molecule has 0 saturated carbocycles. The Hall–Kier alpha value is -5.26. The van der Waals surface area contributed by atoms with Crippen molar-refractivity contribution < 1.29 is 38.1 Å². The molecule has 2 amide bonds.